The SMILES string of the molecule is CCCC(=O)N(Cc1c(Cl)cccc1Cl)C(C)C(=O)NC1CCCCC1. The molecule has 6 heteroatoms. The number of amides is 2. The molecule has 26 heavy (non-hydrogen) atoms. The predicted octanol–water partition coefficient (Wildman–Crippen LogP) is 4.96. The minimum atomic E-state index is -0.566. The summed E-state index contributed by atoms with van der Waals surface area (Å²) in [4.78, 5) is 27.0. The summed E-state index contributed by atoms with van der Waals surface area (Å²) >= 11 is 12.5. The van der Waals surface area contributed by atoms with E-state index in [0.29, 0.717) is 22.0 Å². The summed E-state index contributed by atoms with van der Waals surface area (Å²) in [5, 5.41) is 4.12. The zero-order chi connectivity index (χ0) is 19.1. The Labute approximate surface area is 166 Å². The number of carbonyl (C=O) groups excluding carboxylic acids is 2. The third kappa shape index (κ3) is 5.62. The zero-order valence-electron chi connectivity index (χ0n) is 15.6. The van der Waals surface area contributed by atoms with Crippen LogP contribution in [0.3, 0.4) is 0 Å². The van der Waals surface area contributed by atoms with Gasteiger partial charge in [-0.2, -0.15) is 0 Å². The van der Waals surface area contributed by atoms with Gasteiger partial charge in [0.15, 0.2) is 0 Å². The van der Waals surface area contributed by atoms with E-state index in [9.17, 15) is 9.59 Å². The van der Waals surface area contributed by atoms with Crippen LogP contribution in [0.25, 0.3) is 0 Å². The Morgan fingerprint density at radius 3 is 2.38 bits per heavy atom. The van der Waals surface area contributed by atoms with E-state index in [-0.39, 0.29) is 24.4 Å². The fraction of sp³-hybridized carbons (Fsp3) is 0.600. The maximum absolute atomic E-state index is 12.8. The topological polar surface area (TPSA) is 49.4 Å². The molecule has 1 atom stereocenters. The lowest BCUT2D eigenvalue weighted by Crippen LogP contribution is -2.50. The molecule has 1 N–H and O–H groups in total. The quantitative estimate of drug-likeness (QED) is 0.705. The van der Waals surface area contributed by atoms with Crippen molar-refractivity contribution in [2.75, 3.05) is 0 Å². The van der Waals surface area contributed by atoms with E-state index in [4.69, 9.17) is 23.2 Å². The highest BCUT2D eigenvalue weighted by Gasteiger charge is 2.28. The first-order chi connectivity index (χ1) is 12.4. The van der Waals surface area contributed by atoms with Gasteiger partial charge >= 0.3 is 0 Å². The molecule has 144 valence electrons. The summed E-state index contributed by atoms with van der Waals surface area (Å²) in [6, 6.07) is 4.91. The Kier molecular flexibility index (Phi) is 8.23. The highest BCUT2D eigenvalue weighted by Crippen LogP contribution is 2.27. The first-order valence-corrected chi connectivity index (χ1v) is 10.2. The van der Waals surface area contributed by atoms with E-state index < -0.39 is 6.04 Å². The van der Waals surface area contributed by atoms with Crippen LogP contribution in [0.1, 0.15) is 64.4 Å². The molecular weight excluding hydrogens is 371 g/mol. The molecule has 0 aliphatic heterocycles. The number of carbonyl (C=O) groups is 2. The minimum absolute atomic E-state index is 0.0604. The van der Waals surface area contributed by atoms with Gasteiger partial charge in [0.2, 0.25) is 11.8 Å². The third-order valence-electron chi connectivity index (χ3n) is 4.97. The van der Waals surface area contributed by atoms with Gasteiger partial charge in [-0.25, -0.2) is 0 Å². The van der Waals surface area contributed by atoms with Crippen LogP contribution >= 0.6 is 23.2 Å². The van der Waals surface area contributed by atoms with Gasteiger partial charge in [-0.05, 0) is 38.3 Å². The second-order valence-corrected chi connectivity index (χ2v) is 7.81. The first-order valence-electron chi connectivity index (χ1n) is 9.46. The Morgan fingerprint density at radius 2 is 1.81 bits per heavy atom. The van der Waals surface area contributed by atoms with Gasteiger partial charge in [0.05, 0.1) is 0 Å². The van der Waals surface area contributed by atoms with Crippen molar-refractivity contribution in [2.24, 2.45) is 0 Å². The van der Waals surface area contributed by atoms with E-state index in [2.05, 4.69) is 5.32 Å². The smallest absolute Gasteiger partial charge is 0.242 e. The zero-order valence-corrected chi connectivity index (χ0v) is 17.1. The van der Waals surface area contributed by atoms with Crippen LogP contribution in [0.4, 0.5) is 0 Å². The van der Waals surface area contributed by atoms with Crippen LogP contribution in [0, 0.1) is 0 Å². The molecule has 0 spiro atoms. The van der Waals surface area contributed by atoms with Crippen molar-refractivity contribution < 1.29 is 9.59 Å². The number of hydrogen-bond donors (Lipinski definition) is 1. The molecule has 0 heterocycles. The molecule has 1 aromatic carbocycles. The Morgan fingerprint density at radius 1 is 1.19 bits per heavy atom. The molecule has 1 aromatic rings. The second-order valence-electron chi connectivity index (χ2n) is 6.99. The maximum Gasteiger partial charge on any atom is 0.242 e. The maximum atomic E-state index is 12.8. The van der Waals surface area contributed by atoms with Crippen molar-refractivity contribution in [3.63, 3.8) is 0 Å². The molecule has 0 saturated heterocycles. The van der Waals surface area contributed by atoms with Crippen LogP contribution in [0.5, 0.6) is 0 Å². The number of hydrogen-bond acceptors (Lipinski definition) is 2. The molecule has 1 fully saturated rings. The molecule has 4 nitrogen and oxygen atoms in total. The summed E-state index contributed by atoms with van der Waals surface area (Å²) in [7, 11) is 0. The van der Waals surface area contributed by atoms with Crippen molar-refractivity contribution in [1.29, 1.82) is 0 Å². The molecule has 1 aliphatic rings. The lowest BCUT2D eigenvalue weighted by atomic mass is 9.95. The first kappa shape index (κ1) is 21.0. The Hall–Kier alpha value is -1.26. The predicted molar refractivity (Wildman–Crippen MR) is 106 cm³/mol. The average molecular weight is 399 g/mol. The normalized spacial score (nSPS) is 16.2. The minimum Gasteiger partial charge on any atom is -0.352 e. The Balaban J connectivity index is 2.14. The largest absolute Gasteiger partial charge is 0.352 e. The average Bonchev–Trinajstić information content (AvgIpc) is 2.62. The third-order valence-corrected chi connectivity index (χ3v) is 5.68. The summed E-state index contributed by atoms with van der Waals surface area (Å²) in [5.74, 6) is -0.167. The van der Waals surface area contributed by atoms with Gasteiger partial charge in [0, 0.05) is 34.6 Å². The molecular formula is C20H28Cl2N2O2. The van der Waals surface area contributed by atoms with E-state index >= 15 is 0 Å². The van der Waals surface area contributed by atoms with Crippen molar-refractivity contribution in [2.45, 2.75) is 77.4 Å². The van der Waals surface area contributed by atoms with Crippen LogP contribution < -0.4 is 5.32 Å². The van der Waals surface area contributed by atoms with Crippen molar-refractivity contribution in [3.05, 3.63) is 33.8 Å². The number of nitrogens with one attached hydrogen (secondary N) is 1. The van der Waals surface area contributed by atoms with Crippen molar-refractivity contribution >= 4 is 35.0 Å². The number of halogens is 2. The molecule has 2 amide bonds. The van der Waals surface area contributed by atoms with Gasteiger partial charge in [0.25, 0.3) is 0 Å². The van der Waals surface area contributed by atoms with Gasteiger partial charge in [-0.1, -0.05) is 55.5 Å². The van der Waals surface area contributed by atoms with E-state index in [1.807, 2.05) is 6.92 Å². The van der Waals surface area contributed by atoms with Crippen molar-refractivity contribution in [3.8, 4) is 0 Å². The van der Waals surface area contributed by atoms with Crippen LogP contribution in [0.2, 0.25) is 10.0 Å². The highest BCUT2D eigenvalue weighted by atomic mass is 35.5. The summed E-state index contributed by atoms with van der Waals surface area (Å²) < 4.78 is 0. The fourth-order valence-corrected chi connectivity index (χ4v) is 3.88. The van der Waals surface area contributed by atoms with Gasteiger partial charge in [-0.3, -0.25) is 9.59 Å². The van der Waals surface area contributed by atoms with Gasteiger partial charge in [-0.15, -0.1) is 0 Å². The Bertz CT molecular complexity index is 610. The van der Waals surface area contributed by atoms with Crippen LogP contribution in [-0.4, -0.2) is 28.8 Å². The molecule has 1 saturated carbocycles. The van der Waals surface area contributed by atoms with Crippen molar-refractivity contribution in [1.82, 2.24) is 10.2 Å². The number of nitrogens with zero attached hydrogens (tertiary/aromatic N) is 1. The molecule has 0 bridgehead atoms. The van der Waals surface area contributed by atoms with E-state index in [1.54, 1.807) is 30.0 Å². The van der Waals surface area contributed by atoms with Gasteiger partial charge in [0.1, 0.15) is 6.04 Å². The number of rotatable bonds is 7. The lowest BCUT2D eigenvalue weighted by molar-refractivity contribution is -0.141. The molecule has 1 aliphatic carbocycles. The van der Waals surface area contributed by atoms with Crippen LogP contribution in [-0.2, 0) is 16.1 Å². The van der Waals surface area contributed by atoms with Gasteiger partial charge < -0.3 is 10.2 Å². The second kappa shape index (κ2) is 10.2. The van der Waals surface area contributed by atoms with Crippen LogP contribution in [0.15, 0.2) is 18.2 Å². The number of benzene rings is 1. The lowest BCUT2D eigenvalue weighted by Gasteiger charge is -2.31. The molecule has 1 unspecified atom stereocenters. The molecule has 0 aromatic heterocycles. The molecule has 0 radical (unpaired) electrons. The van der Waals surface area contributed by atoms with E-state index in [1.165, 1.54) is 6.42 Å². The standard InChI is InChI=1S/C20H28Cl2N2O2/c1-3-8-19(25)24(13-16-17(21)11-7-12-18(16)22)14(2)20(26)23-15-9-5-4-6-10-15/h7,11-12,14-15H,3-6,8-10,13H2,1-2H3,(H,23,26). The fourth-order valence-electron chi connectivity index (χ4n) is 3.36. The summed E-state index contributed by atoms with van der Waals surface area (Å²) in [6.07, 6.45) is 6.66. The monoisotopic (exact) mass is 398 g/mol. The summed E-state index contributed by atoms with van der Waals surface area (Å²) in [5.41, 5.74) is 0.678. The highest BCUT2D eigenvalue weighted by molar-refractivity contribution is 6.36. The molecule has 2 rings (SSSR count). The summed E-state index contributed by atoms with van der Waals surface area (Å²) in [6.45, 7) is 3.96. The van der Waals surface area contributed by atoms with E-state index in [0.717, 1.165) is 32.1 Å².